The van der Waals surface area contributed by atoms with E-state index < -0.39 is 5.67 Å². The van der Waals surface area contributed by atoms with Crippen LogP contribution in [-0.2, 0) is 5.67 Å². The average Bonchev–Trinajstić information content (AvgIpc) is 2.29. The topological polar surface area (TPSA) is 35.2 Å². The van der Waals surface area contributed by atoms with Gasteiger partial charge < -0.3 is 10.5 Å². The number of para-hydroxylation sites is 1. The molecular weight excluding hydrogens is 205 g/mol. The Kier molecular flexibility index (Phi) is 4.30. The molecular formula is C13H20FNO. The third-order valence-corrected chi connectivity index (χ3v) is 2.85. The van der Waals surface area contributed by atoms with Gasteiger partial charge in [-0.05, 0) is 18.9 Å². The van der Waals surface area contributed by atoms with Crippen molar-refractivity contribution in [3.05, 3.63) is 29.8 Å². The van der Waals surface area contributed by atoms with Gasteiger partial charge in [0.1, 0.15) is 5.75 Å². The summed E-state index contributed by atoms with van der Waals surface area (Å²) in [5.74, 6) is 0.408. The highest BCUT2D eigenvalue weighted by Crippen LogP contribution is 2.38. The van der Waals surface area contributed by atoms with Crippen LogP contribution in [0.15, 0.2) is 24.3 Å². The number of rotatable bonds is 5. The van der Waals surface area contributed by atoms with Crippen LogP contribution in [-0.4, -0.2) is 13.2 Å². The van der Waals surface area contributed by atoms with Crippen LogP contribution in [0.1, 0.15) is 26.3 Å². The molecule has 1 atom stereocenters. The molecule has 0 heterocycles. The van der Waals surface area contributed by atoms with E-state index >= 15 is 0 Å². The summed E-state index contributed by atoms with van der Waals surface area (Å²) in [6.07, 6.45) is 0. The molecule has 90 valence electrons. The maximum atomic E-state index is 14.8. The molecule has 0 aromatic heterocycles. The average molecular weight is 225 g/mol. The van der Waals surface area contributed by atoms with E-state index in [1.807, 2.05) is 32.9 Å². The summed E-state index contributed by atoms with van der Waals surface area (Å²) >= 11 is 0. The molecule has 0 bridgehead atoms. The van der Waals surface area contributed by atoms with Crippen molar-refractivity contribution in [2.24, 2.45) is 11.7 Å². The molecule has 0 amide bonds. The fourth-order valence-electron chi connectivity index (χ4n) is 1.75. The van der Waals surface area contributed by atoms with E-state index in [0.29, 0.717) is 17.9 Å². The molecule has 0 aliphatic rings. The standard InChI is InChI=1S/C13H20FNO/c1-4-16-12-8-6-5-7-11(12)13(14,9-15)10(2)3/h5-8,10H,4,9,15H2,1-3H3. The van der Waals surface area contributed by atoms with Gasteiger partial charge in [0.15, 0.2) is 5.67 Å². The van der Waals surface area contributed by atoms with Crippen molar-refractivity contribution < 1.29 is 9.13 Å². The Bertz CT molecular complexity index is 340. The molecule has 1 rings (SSSR count). The van der Waals surface area contributed by atoms with Gasteiger partial charge in [0.25, 0.3) is 0 Å². The number of halogens is 1. The zero-order valence-corrected chi connectivity index (χ0v) is 10.2. The summed E-state index contributed by atoms with van der Waals surface area (Å²) in [5.41, 5.74) is 4.60. The molecule has 3 heteroatoms. The van der Waals surface area contributed by atoms with E-state index in [1.165, 1.54) is 0 Å². The van der Waals surface area contributed by atoms with Crippen LogP contribution in [0.25, 0.3) is 0 Å². The Morgan fingerprint density at radius 1 is 1.38 bits per heavy atom. The minimum atomic E-state index is -1.52. The Balaban J connectivity index is 3.18. The zero-order valence-electron chi connectivity index (χ0n) is 10.2. The van der Waals surface area contributed by atoms with Gasteiger partial charge in [0, 0.05) is 12.1 Å². The smallest absolute Gasteiger partial charge is 0.153 e. The van der Waals surface area contributed by atoms with Crippen LogP contribution >= 0.6 is 0 Å². The monoisotopic (exact) mass is 225 g/mol. The second-order valence-corrected chi connectivity index (χ2v) is 4.15. The highest BCUT2D eigenvalue weighted by molar-refractivity contribution is 5.38. The molecule has 1 aromatic carbocycles. The number of alkyl halides is 1. The highest BCUT2D eigenvalue weighted by Gasteiger charge is 2.36. The molecule has 0 spiro atoms. The van der Waals surface area contributed by atoms with E-state index in [9.17, 15) is 4.39 Å². The van der Waals surface area contributed by atoms with Gasteiger partial charge >= 0.3 is 0 Å². The quantitative estimate of drug-likeness (QED) is 0.836. The summed E-state index contributed by atoms with van der Waals surface area (Å²) in [5, 5.41) is 0. The van der Waals surface area contributed by atoms with Crippen molar-refractivity contribution in [2.45, 2.75) is 26.4 Å². The van der Waals surface area contributed by atoms with Crippen molar-refractivity contribution >= 4 is 0 Å². The van der Waals surface area contributed by atoms with Gasteiger partial charge in [0.05, 0.1) is 6.61 Å². The van der Waals surface area contributed by atoms with Gasteiger partial charge in [-0.15, -0.1) is 0 Å². The molecule has 0 saturated carbocycles. The van der Waals surface area contributed by atoms with E-state index in [2.05, 4.69) is 0 Å². The van der Waals surface area contributed by atoms with Crippen LogP contribution in [0.5, 0.6) is 5.75 Å². The SMILES string of the molecule is CCOc1ccccc1C(F)(CN)C(C)C. The van der Waals surface area contributed by atoms with Crippen LogP contribution in [0.4, 0.5) is 4.39 Å². The Hall–Kier alpha value is -1.09. The predicted octanol–water partition coefficient (Wildman–Crippen LogP) is 2.86. The Morgan fingerprint density at radius 2 is 2.00 bits per heavy atom. The first kappa shape index (κ1) is 13.0. The van der Waals surface area contributed by atoms with E-state index in [4.69, 9.17) is 10.5 Å². The maximum Gasteiger partial charge on any atom is 0.153 e. The summed E-state index contributed by atoms with van der Waals surface area (Å²) in [4.78, 5) is 0. The second kappa shape index (κ2) is 5.30. The molecule has 1 unspecified atom stereocenters. The van der Waals surface area contributed by atoms with Gasteiger partial charge in [-0.3, -0.25) is 0 Å². The molecule has 0 fully saturated rings. The maximum absolute atomic E-state index is 14.8. The minimum Gasteiger partial charge on any atom is -0.493 e. The first-order chi connectivity index (χ1) is 7.56. The van der Waals surface area contributed by atoms with Gasteiger partial charge in [-0.25, -0.2) is 4.39 Å². The lowest BCUT2D eigenvalue weighted by molar-refractivity contribution is 0.104. The fourth-order valence-corrected chi connectivity index (χ4v) is 1.75. The second-order valence-electron chi connectivity index (χ2n) is 4.15. The summed E-state index contributed by atoms with van der Waals surface area (Å²) < 4.78 is 20.2. The predicted molar refractivity (Wildman–Crippen MR) is 64.3 cm³/mol. The molecule has 1 aromatic rings. The lowest BCUT2D eigenvalue weighted by Gasteiger charge is -2.29. The molecule has 0 aliphatic carbocycles. The van der Waals surface area contributed by atoms with Gasteiger partial charge in [-0.2, -0.15) is 0 Å². The number of benzene rings is 1. The summed E-state index contributed by atoms with van der Waals surface area (Å²) in [6, 6.07) is 7.18. The zero-order chi connectivity index (χ0) is 12.2. The van der Waals surface area contributed by atoms with Crippen molar-refractivity contribution in [3.63, 3.8) is 0 Å². The first-order valence-electron chi connectivity index (χ1n) is 5.67. The number of ether oxygens (including phenoxy) is 1. The Labute approximate surface area is 96.6 Å². The normalized spacial score (nSPS) is 14.9. The highest BCUT2D eigenvalue weighted by atomic mass is 19.1. The van der Waals surface area contributed by atoms with Crippen LogP contribution in [0, 0.1) is 5.92 Å². The molecule has 2 N–H and O–H groups in total. The molecule has 2 nitrogen and oxygen atoms in total. The van der Waals surface area contributed by atoms with Crippen LogP contribution in [0.2, 0.25) is 0 Å². The number of hydrogen-bond acceptors (Lipinski definition) is 2. The molecule has 0 saturated heterocycles. The lowest BCUT2D eigenvalue weighted by Crippen LogP contribution is -2.36. The summed E-state index contributed by atoms with van der Waals surface area (Å²) in [6.45, 7) is 6.03. The molecule has 16 heavy (non-hydrogen) atoms. The minimum absolute atomic E-state index is 0.0330. The number of nitrogens with two attached hydrogens (primary N) is 1. The Morgan fingerprint density at radius 3 is 2.50 bits per heavy atom. The largest absolute Gasteiger partial charge is 0.493 e. The third kappa shape index (κ3) is 2.35. The number of hydrogen-bond donors (Lipinski definition) is 1. The molecule has 0 aliphatic heterocycles. The van der Waals surface area contributed by atoms with Crippen molar-refractivity contribution in [2.75, 3.05) is 13.2 Å². The van der Waals surface area contributed by atoms with Gasteiger partial charge in [0.2, 0.25) is 0 Å². The van der Waals surface area contributed by atoms with E-state index in [-0.39, 0.29) is 12.5 Å². The van der Waals surface area contributed by atoms with E-state index in [1.54, 1.807) is 12.1 Å². The third-order valence-electron chi connectivity index (χ3n) is 2.85. The van der Waals surface area contributed by atoms with Crippen LogP contribution < -0.4 is 10.5 Å². The van der Waals surface area contributed by atoms with Gasteiger partial charge in [-0.1, -0.05) is 32.0 Å². The lowest BCUT2D eigenvalue weighted by atomic mass is 9.84. The molecule has 0 radical (unpaired) electrons. The van der Waals surface area contributed by atoms with Crippen molar-refractivity contribution in [3.8, 4) is 5.75 Å². The van der Waals surface area contributed by atoms with Crippen molar-refractivity contribution in [1.29, 1.82) is 0 Å². The summed E-state index contributed by atoms with van der Waals surface area (Å²) in [7, 11) is 0. The fraction of sp³-hybridized carbons (Fsp3) is 0.538. The van der Waals surface area contributed by atoms with Crippen LogP contribution in [0.3, 0.4) is 0 Å². The first-order valence-corrected chi connectivity index (χ1v) is 5.67. The van der Waals surface area contributed by atoms with Crippen molar-refractivity contribution in [1.82, 2.24) is 0 Å². The van der Waals surface area contributed by atoms with E-state index in [0.717, 1.165) is 0 Å².